The highest BCUT2D eigenvalue weighted by molar-refractivity contribution is 7.87. The van der Waals surface area contributed by atoms with Gasteiger partial charge in [-0.1, -0.05) is 18.2 Å². The number of anilines is 2. The second-order valence-corrected chi connectivity index (χ2v) is 23.3. The van der Waals surface area contributed by atoms with Crippen LogP contribution in [0.15, 0.2) is 195 Å². The first-order chi connectivity index (χ1) is 35.6. The van der Waals surface area contributed by atoms with Crippen molar-refractivity contribution in [2.24, 2.45) is 30.7 Å². The van der Waals surface area contributed by atoms with Gasteiger partial charge in [-0.05, 0) is 132 Å². The minimum absolute atomic E-state index is 0.00975. The van der Waals surface area contributed by atoms with Crippen LogP contribution in [0.2, 0.25) is 0 Å². The summed E-state index contributed by atoms with van der Waals surface area (Å²) in [5, 5.41) is 40.0. The lowest BCUT2D eigenvalue weighted by atomic mass is 10.1. The van der Waals surface area contributed by atoms with Crippen molar-refractivity contribution >= 4 is 139 Å². The largest absolute Gasteiger partial charge is 0.505 e. The first kappa shape index (κ1) is 52.6. The Labute approximate surface area is 430 Å². The first-order valence-electron chi connectivity index (χ1n) is 21.2. The smallest absolute Gasteiger partial charge is 0.296 e. The number of nitrogens with one attached hydrogen (secondary N) is 1. The number of hydrogen-bond donors (Lipinski definition) is 7. The number of benzene rings is 9. The molecular formula is C47H33N7O17S5. The lowest BCUT2D eigenvalue weighted by Gasteiger charge is -2.12. The SMILES string of the molecule is COc1ccc(Nc2ccc3c(O)c(N=Nc4ccc(N=Nc5ccc(N=Nc6ccc7c(S(=O)(=O)O)cc(S(=O)(=O)O)cc7c6)c6ccc(S(=O)(=O)O)cc56)c5ccc(S(=O)(=O)O)cc45)c(S(=O)(=O)O)cc3c2)cc1. The zero-order valence-corrected chi connectivity index (χ0v) is 42.3. The maximum absolute atomic E-state index is 12.8. The van der Waals surface area contributed by atoms with Crippen molar-refractivity contribution < 1.29 is 74.7 Å². The minimum atomic E-state index is -5.10. The molecule has 0 aliphatic heterocycles. The summed E-state index contributed by atoms with van der Waals surface area (Å²) in [6.07, 6.45) is 0. The van der Waals surface area contributed by atoms with E-state index in [-0.39, 0.29) is 71.5 Å². The van der Waals surface area contributed by atoms with Gasteiger partial charge in [0, 0.05) is 43.7 Å². The molecule has 0 fully saturated rings. The van der Waals surface area contributed by atoms with Crippen molar-refractivity contribution in [3.05, 3.63) is 140 Å². The van der Waals surface area contributed by atoms with Crippen molar-refractivity contribution in [2.75, 3.05) is 12.4 Å². The van der Waals surface area contributed by atoms with Gasteiger partial charge >= 0.3 is 0 Å². The van der Waals surface area contributed by atoms with Crippen LogP contribution in [0, 0.1) is 0 Å². The maximum atomic E-state index is 12.8. The predicted molar refractivity (Wildman–Crippen MR) is 275 cm³/mol. The summed E-state index contributed by atoms with van der Waals surface area (Å²) < 4.78 is 178. The summed E-state index contributed by atoms with van der Waals surface area (Å²) >= 11 is 0. The molecule has 9 rings (SSSR count). The highest BCUT2D eigenvalue weighted by atomic mass is 32.2. The monoisotopic (exact) mass is 1130 g/mol. The van der Waals surface area contributed by atoms with Crippen LogP contribution in [0.3, 0.4) is 0 Å². The quantitative estimate of drug-likeness (QED) is 0.0393. The van der Waals surface area contributed by atoms with E-state index in [1.165, 1.54) is 73.8 Å². The molecule has 0 saturated carbocycles. The van der Waals surface area contributed by atoms with Crippen molar-refractivity contribution in [1.29, 1.82) is 0 Å². The van der Waals surface area contributed by atoms with E-state index in [1.807, 2.05) is 0 Å². The van der Waals surface area contributed by atoms with E-state index in [1.54, 1.807) is 30.3 Å². The van der Waals surface area contributed by atoms with Crippen molar-refractivity contribution in [3.8, 4) is 11.5 Å². The third kappa shape index (κ3) is 10.9. The maximum Gasteiger partial charge on any atom is 0.296 e. The lowest BCUT2D eigenvalue weighted by molar-refractivity contribution is 0.415. The summed E-state index contributed by atoms with van der Waals surface area (Å²) in [5.74, 6) is -0.0870. The molecule has 0 atom stereocenters. The van der Waals surface area contributed by atoms with Crippen LogP contribution in [0.25, 0.3) is 43.1 Å². The average Bonchev–Trinajstić information content (AvgIpc) is 3.38. The van der Waals surface area contributed by atoms with Crippen LogP contribution >= 0.6 is 0 Å². The van der Waals surface area contributed by atoms with E-state index >= 15 is 0 Å². The van der Waals surface area contributed by atoms with Gasteiger partial charge < -0.3 is 15.2 Å². The molecule has 9 aromatic carbocycles. The zero-order valence-electron chi connectivity index (χ0n) is 38.2. The fourth-order valence-electron chi connectivity index (χ4n) is 7.87. The highest BCUT2D eigenvalue weighted by Crippen LogP contribution is 2.45. The average molecular weight is 1130 g/mol. The number of azo groups is 3. The van der Waals surface area contributed by atoms with Crippen molar-refractivity contribution in [2.45, 2.75) is 24.5 Å². The van der Waals surface area contributed by atoms with E-state index in [4.69, 9.17) is 4.74 Å². The molecule has 0 bridgehead atoms. The van der Waals surface area contributed by atoms with Gasteiger partial charge in [0.2, 0.25) is 0 Å². The number of hydrogen-bond acceptors (Lipinski definition) is 19. The molecule has 24 nitrogen and oxygen atoms in total. The van der Waals surface area contributed by atoms with E-state index < -0.39 is 86.5 Å². The molecular weight excluding hydrogens is 1090 g/mol. The molecule has 0 unspecified atom stereocenters. The van der Waals surface area contributed by atoms with E-state index in [9.17, 15) is 70.0 Å². The van der Waals surface area contributed by atoms with Gasteiger partial charge in [-0.15, -0.1) is 25.6 Å². The van der Waals surface area contributed by atoms with Crippen molar-refractivity contribution in [3.63, 3.8) is 0 Å². The van der Waals surface area contributed by atoms with Gasteiger partial charge in [-0.25, -0.2) is 0 Å². The van der Waals surface area contributed by atoms with Gasteiger partial charge in [-0.3, -0.25) is 22.8 Å². The number of aromatic hydroxyl groups is 1. The lowest BCUT2D eigenvalue weighted by Crippen LogP contribution is -2.04. The van der Waals surface area contributed by atoms with Crippen LogP contribution in [0.4, 0.5) is 45.5 Å². The van der Waals surface area contributed by atoms with Crippen molar-refractivity contribution in [1.82, 2.24) is 0 Å². The normalized spacial score (nSPS) is 13.0. The number of ether oxygens (including phenoxy) is 1. The molecule has 0 radical (unpaired) electrons. The van der Waals surface area contributed by atoms with Crippen LogP contribution in [-0.2, 0) is 50.6 Å². The number of methoxy groups -OCH3 is 1. The fraction of sp³-hybridized carbons (Fsp3) is 0.0213. The number of nitrogens with zero attached hydrogens (tertiary/aromatic N) is 6. The molecule has 0 aromatic heterocycles. The van der Waals surface area contributed by atoms with Gasteiger partial charge in [0.25, 0.3) is 50.6 Å². The molecule has 0 heterocycles. The Morgan fingerprint density at radius 1 is 0.382 bits per heavy atom. The molecule has 0 amide bonds. The van der Waals surface area contributed by atoms with Crippen LogP contribution in [-0.4, -0.2) is 77.1 Å². The van der Waals surface area contributed by atoms with E-state index in [0.717, 1.165) is 36.4 Å². The summed E-state index contributed by atoms with van der Waals surface area (Å²) in [6.45, 7) is 0. The summed E-state index contributed by atoms with van der Waals surface area (Å²) in [4.78, 5) is -3.66. The Morgan fingerprint density at radius 2 is 0.842 bits per heavy atom. The molecule has 0 aliphatic rings. The Balaban J connectivity index is 1.10. The number of fused-ring (bicyclic) bond motifs is 4. The van der Waals surface area contributed by atoms with Gasteiger partial charge in [0.1, 0.15) is 21.2 Å². The minimum Gasteiger partial charge on any atom is -0.505 e. The second kappa shape index (κ2) is 19.5. The molecule has 0 aliphatic carbocycles. The molecule has 0 saturated heterocycles. The number of rotatable bonds is 14. The van der Waals surface area contributed by atoms with Gasteiger partial charge in [0.05, 0.1) is 50.2 Å². The molecule has 29 heteroatoms. The first-order valence-corrected chi connectivity index (χ1v) is 28.4. The molecule has 9 aromatic rings. The number of phenols is 1. The topological polar surface area (TPSA) is 388 Å². The van der Waals surface area contributed by atoms with E-state index in [2.05, 4.69) is 36.0 Å². The van der Waals surface area contributed by atoms with Gasteiger partial charge in [-0.2, -0.15) is 47.2 Å². The van der Waals surface area contributed by atoms with Crippen LogP contribution in [0.1, 0.15) is 0 Å². The standard InChI is InChI=1S/C47H33N7O17S5/c1-71-30-6-2-27(3-7-30)48-28-4-11-35-26(18-28)21-45(76(68,69)70)46(47(35)55)54-53-43-17-15-41(37-13-9-32(23-39(37)43)73(59,60)61)51-52-42-16-14-40(36-12-8-31(22-38(36)42)72(56,57)58)50-49-29-5-10-34-25(19-29)20-33(74(62,63)64)24-44(34)75(65,66)67/h2-24,48,55H,1H3,(H,56,57,58)(H,59,60,61)(H,62,63,64)(H,65,66,67)(H,68,69,70). The Bertz CT molecular complexity index is 4640. The Hall–Kier alpha value is -8.23. The zero-order chi connectivity index (χ0) is 54.7. The Morgan fingerprint density at radius 3 is 1.36 bits per heavy atom. The summed E-state index contributed by atoms with van der Waals surface area (Å²) in [7, 11) is -23.2. The molecule has 388 valence electrons. The van der Waals surface area contributed by atoms with Gasteiger partial charge in [0.15, 0.2) is 5.75 Å². The summed E-state index contributed by atoms with van der Waals surface area (Å²) in [6, 6.07) is 29.8. The summed E-state index contributed by atoms with van der Waals surface area (Å²) in [5.41, 5.74) is 0.342. The third-order valence-corrected chi connectivity index (χ3v) is 15.7. The van der Waals surface area contributed by atoms with Crippen LogP contribution in [0.5, 0.6) is 11.5 Å². The fourth-order valence-corrected chi connectivity index (χ4v) is 10.9. The molecule has 76 heavy (non-hydrogen) atoms. The second-order valence-electron chi connectivity index (χ2n) is 16.3. The predicted octanol–water partition coefficient (Wildman–Crippen LogP) is 11.2. The number of phenolic OH excluding ortho intramolecular Hbond substituents is 1. The molecule has 0 spiro atoms. The highest BCUT2D eigenvalue weighted by Gasteiger charge is 2.24. The van der Waals surface area contributed by atoms with Crippen LogP contribution < -0.4 is 10.1 Å². The molecule has 7 N–H and O–H groups in total. The third-order valence-electron chi connectivity index (χ3n) is 11.4. The Kier molecular flexibility index (Phi) is 13.5. The van der Waals surface area contributed by atoms with E-state index in [0.29, 0.717) is 23.2 Å².